The van der Waals surface area contributed by atoms with Gasteiger partial charge in [0, 0.05) is 11.4 Å². The maximum absolute atomic E-state index is 11.5. The van der Waals surface area contributed by atoms with Crippen LogP contribution in [0.2, 0.25) is 0 Å². The van der Waals surface area contributed by atoms with E-state index in [0.29, 0.717) is 0 Å². The number of halogens is 1. The molecule has 0 amide bonds. The predicted octanol–water partition coefficient (Wildman–Crippen LogP) is 1.16. The van der Waals surface area contributed by atoms with Crippen LogP contribution in [0, 0.1) is 0 Å². The summed E-state index contributed by atoms with van der Waals surface area (Å²) in [4.78, 5) is 10.4. The Balaban J connectivity index is 3.13. The van der Waals surface area contributed by atoms with Crippen molar-refractivity contribution in [1.82, 2.24) is 0 Å². The van der Waals surface area contributed by atoms with Crippen LogP contribution in [0.1, 0.15) is 5.56 Å². The number of alkyl halides is 1. The Labute approximate surface area is 87.6 Å². The minimum absolute atomic E-state index is 0.0391. The lowest BCUT2D eigenvalue weighted by molar-refractivity contribution is 0.562. The summed E-state index contributed by atoms with van der Waals surface area (Å²) in [6.45, 7) is 0. The van der Waals surface area contributed by atoms with Crippen LogP contribution in [0.4, 0.5) is 0 Å². The number of hydrogen-bond donors (Lipinski definition) is 0. The molecule has 0 aromatic heterocycles. The molecule has 5 heteroatoms. The molecule has 1 aromatic rings. The molecule has 0 fully saturated rings. The molecular formula is C9H8ClO3S. The smallest absolute Gasteiger partial charge is 0.233 e. The fourth-order valence-corrected chi connectivity index (χ4v) is 2.61. The number of rotatable bonds is 4. The van der Waals surface area contributed by atoms with E-state index in [1.54, 1.807) is 6.29 Å². The lowest BCUT2D eigenvalue weighted by Gasteiger charge is -2.01. The first-order valence-electron chi connectivity index (χ1n) is 3.87. The maximum atomic E-state index is 11.5. The van der Waals surface area contributed by atoms with Crippen molar-refractivity contribution in [2.75, 3.05) is 11.6 Å². The van der Waals surface area contributed by atoms with Crippen LogP contribution in [-0.2, 0) is 14.6 Å². The standard InChI is InChI=1S/C9H8ClO3S/c10-4-5-14(12,13)9-3-1-2-8(6-9)7-11/h1-3,6H,4-5H2. The van der Waals surface area contributed by atoms with E-state index >= 15 is 0 Å². The fraction of sp³-hybridized carbons (Fsp3) is 0.222. The zero-order valence-corrected chi connectivity index (χ0v) is 8.81. The van der Waals surface area contributed by atoms with Gasteiger partial charge in [0.25, 0.3) is 0 Å². The van der Waals surface area contributed by atoms with Gasteiger partial charge in [-0.25, -0.2) is 8.42 Å². The third-order valence-corrected chi connectivity index (χ3v) is 3.78. The van der Waals surface area contributed by atoms with Crippen molar-refractivity contribution in [3.8, 4) is 0 Å². The molecule has 1 radical (unpaired) electrons. The minimum atomic E-state index is -3.35. The molecule has 0 spiro atoms. The molecule has 0 unspecified atom stereocenters. The van der Waals surface area contributed by atoms with Gasteiger partial charge in [-0.15, -0.1) is 11.6 Å². The Hall–Kier alpha value is -0.870. The molecule has 0 bridgehead atoms. The number of benzene rings is 1. The largest absolute Gasteiger partial charge is 0.285 e. The van der Waals surface area contributed by atoms with Crippen LogP contribution >= 0.6 is 11.6 Å². The molecule has 1 rings (SSSR count). The number of hydrogen-bond acceptors (Lipinski definition) is 3. The first-order valence-corrected chi connectivity index (χ1v) is 6.06. The highest BCUT2D eigenvalue weighted by Crippen LogP contribution is 2.12. The predicted molar refractivity (Wildman–Crippen MR) is 54.0 cm³/mol. The van der Waals surface area contributed by atoms with Gasteiger partial charge in [0.1, 0.15) is 0 Å². The lowest BCUT2D eigenvalue weighted by atomic mass is 10.2. The summed E-state index contributed by atoms with van der Waals surface area (Å²) in [5.74, 6) is -0.0891. The highest BCUT2D eigenvalue weighted by Gasteiger charge is 2.13. The lowest BCUT2D eigenvalue weighted by Crippen LogP contribution is -2.08. The zero-order valence-electron chi connectivity index (χ0n) is 7.23. The molecular weight excluding hydrogens is 224 g/mol. The van der Waals surface area contributed by atoms with Crippen molar-refractivity contribution >= 4 is 27.7 Å². The fourth-order valence-electron chi connectivity index (χ4n) is 0.972. The summed E-state index contributed by atoms with van der Waals surface area (Å²) in [7, 11) is -3.35. The van der Waals surface area contributed by atoms with Crippen LogP contribution in [0.25, 0.3) is 0 Å². The van der Waals surface area contributed by atoms with Crippen molar-refractivity contribution in [2.45, 2.75) is 4.90 Å². The summed E-state index contributed by atoms with van der Waals surface area (Å²) >= 11 is 5.35. The summed E-state index contributed by atoms with van der Waals surface area (Å²) in [5, 5.41) is 0. The molecule has 1 aromatic carbocycles. The quantitative estimate of drug-likeness (QED) is 0.731. The first-order chi connectivity index (χ1) is 6.60. The molecule has 0 N–H and O–H groups in total. The SMILES string of the molecule is O=[C]c1cccc(S(=O)(=O)CCCl)c1. The molecule has 0 saturated carbocycles. The second kappa shape index (κ2) is 4.57. The number of sulfone groups is 1. The summed E-state index contributed by atoms with van der Waals surface area (Å²) in [5.41, 5.74) is 0.223. The maximum Gasteiger partial charge on any atom is 0.233 e. The van der Waals surface area contributed by atoms with Crippen LogP contribution in [0.3, 0.4) is 0 Å². The van der Waals surface area contributed by atoms with Gasteiger partial charge in [-0.05, 0) is 12.1 Å². The third kappa shape index (κ3) is 2.56. The monoisotopic (exact) mass is 231 g/mol. The van der Waals surface area contributed by atoms with Gasteiger partial charge in [0.05, 0.1) is 10.6 Å². The van der Waals surface area contributed by atoms with Gasteiger partial charge in [-0.1, -0.05) is 12.1 Å². The van der Waals surface area contributed by atoms with Gasteiger partial charge in [0.2, 0.25) is 6.29 Å². The molecule has 14 heavy (non-hydrogen) atoms. The second-order valence-electron chi connectivity index (χ2n) is 2.64. The Kier molecular flexibility index (Phi) is 3.66. The zero-order chi connectivity index (χ0) is 10.6. The van der Waals surface area contributed by atoms with Gasteiger partial charge in [0.15, 0.2) is 9.84 Å². The van der Waals surface area contributed by atoms with E-state index in [1.807, 2.05) is 0 Å². The summed E-state index contributed by atoms with van der Waals surface area (Å²) < 4.78 is 23.0. The average molecular weight is 232 g/mol. The third-order valence-electron chi connectivity index (χ3n) is 1.66. The van der Waals surface area contributed by atoms with Gasteiger partial charge >= 0.3 is 0 Å². The molecule has 0 heterocycles. The van der Waals surface area contributed by atoms with Crippen LogP contribution in [0.15, 0.2) is 29.2 Å². The Morgan fingerprint density at radius 1 is 1.36 bits per heavy atom. The highest BCUT2D eigenvalue weighted by molar-refractivity contribution is 7.91. The summed E-state index contributed by atoms with van der Waals surface area (Å²) in [6.07, 6.45) is 1.63. The minimum Gasteiger partial charge on any atom is -0.285 e. The van der Waals surface area contributed by atoms with E-state index in [1.165, 1.54) is 24.3 Å². The summed E-state index contributed by atoms with van der Waals surface area (Å²) in [6, 6.07) is 5.71. The van der Waals surface area contributed by atoms with Crippen LogP contribution < -0.4 is 0 Å². The number of carbonyl (C=O) groups excluding carboxylic acids is 1. The Morgan fingerprint density at radius 2 is 2.07 bits per heavy atom. The van der Waals surface area contributed by atoms with Crippen molar-refractivity contribution in [3.63, 3.8) is 0 Å². The second-order valence-corrected chi connectivity index (χ2v) is 5.12. The van der Waals surface area contributed by atoms with Gasteiger partial charge in [-0.3, -0.25) is 4.79 Å². The molecule has 75 valence electrons. The van der Waals surface area contributed by atoms with E-state index < -0.39 is 9.84 Å². The van der Waals surface area contributed by atoms with E-state index in [4.69, 9.17) is 11.6 Å². The topological polar surface area (TPSA) is 51.2 Å². The molecule has 0 aliphatic rings. The average Bonchev–Trinajstić information content (AvgIpc) is 2.18. The van der Waals surface area contributed by atoms with E-state index in [0.717, 1.165) is 0 Å². The van der Waals surface area contributed by atoms with Crippen molar-refractivity contribution in [2.24, 2.45) is 0 Å². The van der Waals surface area contributed by atoms with Crippen LogP contribution in [-0.4, -0.2) is 26.3 Å². The Morgan fingerprint density at radius 3 is 2.64 bits per heavy atom. The van der Waals surface area contributed by atoms with Gasteiger partial charge in [-0.2, -0.15) is 0 Å². The Bertz CT molecular complexity index is 425. The van der Waals surface area contributed by atoms with Gasteiger partial charge < -0.3 is 0 Å². The molecule has 0 aliphatic carbocycles. The highest BCUT2D eigenvalue weighted by atomic mass is 35.5. The first kappa shape index (κ1) is 11.2. The van der Waals surface area contributed by atoms with E-state index in [9.17, 15) is 13.2 Å². The molecule has 3 nitrogen and oxygen atoms in total. The molecule has 0 aliphatic heterocycles. The van der Waals surface area contributed by atoms with E-state index in [2.05, 4.69) is 0 Å². The molecule has 0 saturated heterocycles. The normalized spacial score (nSPS) is 11.2. The van der Waals surface area contributed by atoms with Crippen LogP contribution in [0.5, 0.6) is 0 Å². The van der Waals surface area contributed by atoms with Crippen molar-refractivity contribution < 1.29 is 13.2 Å². The van der Waals surface area contributed by atoms with E-state index in [-0.39, 0.29) is 22.1 Å². The van der Waals surface area contributed by atoms with Crippen molar-refractivity contribution in [3.05, 3.63) is 29.8 Å². The molecule has 0 atom stereocenters. The van der Waals surface area contributed by atoms with Crippen molar-refractivity contribution in [1.29, 1.82) is 0 Å².